The quantitative estimate of drug-likeness (QED) is 0.747. The van der Waals surface area contributed by atoms with Crippen molar-refractivity contribution in [2.45, 2.75) is 19.8 Å². The van der Waals surface area contributed by atoms with Crippen molar-refractivity contribution in [1.29, 1.82) is 0 Å². The van der Waals surface area contributed by atoms with Crippen molar-refractivity contribution >= 4 is 17.5 Å². The lowest BCUT2D eigenvalue weighted by Gasteiger charge is -2.14. The van der Waals surface area contributed by atoms with Gasteiger partial charge in [-0.25, -0.2) is 4.68 Å². The maximum absolute atomic E-state index is 12.5. The first-order chi connectivity index (χ1) is 13.6. The number of fused-ring (bicyclic) bond motifs is 1. The molecule has 0 bridgehead atoms. The van der Waals surface area contributed by atoms with Crippen LogP contribution in [-0.2, 0) is 17.6 Å². The number of amides is 2. The van der Waals surface area contributed by atoms with Crippen LogP contribution in [-0.4, -0.2) is 34.7 Å². The average Bonchev–Trinajstić information content (AvgIpc) is 3.35. The minimum atomic E-state index is -0.0977. The topological polar surface area (TPSA) is 67.2 Å². The molecule has 28 heavy (non-hydrogen) atoms. The monoisotopic (exact) mass is 374 g/mol. The third-order valence-corrected chi connectivity index (χ3v) is 4.97. The van der Waals surface area contributed by atoms with E-state index in [2.05, 4.69) is 10.4 Å². The van der Waals surface area contributed by atoms with Gasteiger partial charge in [-0.2, -0.15) is 5.10 Å². The summed E-state index contributed by atoms with van der Waals surface area (Å²) in [6.07, 6.45) is 5.30. The molecule has 0 unspecified atom stereocenters. The molecule has 1 aliphatic rings. The van der Waals surface area contributed by atoms with Gasteiger partial charge < -0.3 is 10.2 Å². The number of aromatic nitrogens is 2. The number of hydrogen-bond donors (Lipinski definition) is 1. The lowest BCUT2D eigenvalue weighted by molar-refractivity contribution is -0.116. The predicted molar refractivity (Wildman–Crippen MR) is 108 cm³/mol. The van der Waals surface area contributed by atoms with E-state index in [1.807, 2.05) is 59.5 Å². The molecule has 3 aromatic rings. The van der Waals surface area contributed by atoms with E-state index < -0.39 is 0 Å². The maximum Gasteiger partial charge on any atom is 0.251 e. The van der Waals surface area contributed by atoms with Gasteiger partial charge in [0.25, 0.3) is 5.91 Å². The summed E-state index contributed by atoms with van der Waals surface area (Å²) < 4.78 is 1.83. The molecular weight excluding hydrogens is 352 g/mol. The molecular formula is C22H22N4O2. The Kier molecular flexibility index (Phi) is 4.93. The molecule has 0 saturated carbocycles. The van der Waals surface area contributed by atoms with Gasteiger partial charge >= 0.3 is 0 Å². The highest BCUT2D eigenvalue weighted by molar-refractivity contribution is 5.97. The highest BCUT2D eigenvalue weighted by atomic mass is 16.2. The Hall–Kier alpha value is -3.41. The third-order valence-electron chi connectivity index (χ3n) is 4.97. The number of hydrogen-bond acceptors (Lipinski definition) is 3. The maximum atomic E-state index is 12.5. The Morgan fingerprint density at radius 2 is 1.96 bits per heavy atom. The zero-order valence-electron chi connectivity index (χ0n) is 15.8. The Bertz CT molecular complexity index is 1010. The average molecular weight is 374 g/mol. The minimum absolute atomic E-state index is 0.0343. The highest BCUT2D eigenvalue weighted by Gasteiger charge is 2.23. The number of anilines is 1. The van der Waals surface area contributed by atoms with Crippen molar-refractivity contribution in [2.75, 3.05) is 18.0 Å². The summed E-state index contributed by atoms with van der Waals surface area (Å²) in [4.78, 5) is 25.9. The molecule has 0 spiro atoms. The molecule has 2 heterocycles. The van der Waals surface area contributed by atoms with Crippen molar-refractivity contribution in [1.82, 2.24) is 15.1 Å². The fourth-order valence-electron chi connectivity index (χ4n) is 3.50. The fraction of sp³-hybridized carbons (Fsp3) is 0.227. The molecule has 1 aliphatic heterocycles. The van der Waals surface area contributed by atoms with Gasteiger partial charge in [0, 0.05) is 37.5 Å². The molecule has 0 radical (unpaired) electrons. The van der Waals surface area contributed by atoms with Crippen LogP contribution < -0.4 is 10.2 Å². The van der Waals surface area contributed by atoms with Crippen molar-refractivity contribution in [3.8, 4) is 5.69 Å². The van der Waals surface area contributed by atoms with E-state index in [1.54, 1.807) is 17.9 Å². The van der Waals surface area contributed by atoms with Crippen LogP contribution in [0.15, 0.2) is 60.9 Å². The number of benzene rings is 2. The number of nitrogens with zero attached hydrogens (tertiary/aromatic N) is 3. The van der Waals surface area contributed by atoms with E-state index in [0.29, 0.717) is 25.1 Å². The summed E-state index contributed by atoms with van der Waals surface area (Å²) in [5.41, 5.74) is 4.67. The third kappa shape index (κ3) is 3.67. The molecule has 1 N–H and O–H groups in total. The zero-order chi connectivity index (χ0) is 19.5. The number of rotatable bonds is 5. The van der Waals surface area contributed by atoms with Gasteiger partial charge in [0.05, 0.1) is 11.9 Å². The van der Waals surface area contributed by atoms with Crippen LogP contribution in [0.2, 0.25) is 0 Å². The summed E-state index contributed by atoms with van der Waals surface area (Å²) in [6, 6.07) is 15.5. The summed E-state index contributed by atoms with van der Waals surface area (Å²) >= 11 is 0. The van der Waals surface area contributed by atoms with E-state index in [4.69, 9.17) is 0 Å². The van der Waals surface area contributed by atoms with E-state index in [9.17, 15) is 9.59 Å². The molecule has 0 fully saturated rings. The van der Waals surface area contributed by atoms with Gasteiger partial charge in [-0.1, -0.05) is 18.2 Å². The van der Waals surface area contributed by atoms with Gasteiger partial charge in [0.2, 0.25) is 5.91 Å². The van der Waals surface area contributed by atoms with Gasteiger partial charge in [0.1, 0.15) is 0 Å². The Balaban J connectivity index is 1.34. The fourth-order valence-corrected chi connectivity index (χ4v) is 3.50. The first-order valence-electron chi connectivity index (χ1n) is 9.40. The van der Waals surface area contributed by atoms with Crippen LogP contribution in [0, 0.1) is 0 Å². The molecule has 0 aliphatic carbocycles. The van der Waals surface area contributed by atoms with Crippen LogP contribution in [0.4, 0.5) is 5.69 Å². The minimum Gasteiger partial charge on any atom is -0.352 e. The molecule has 6 nitrogen and oxygen atoms in total. The number of para-hydroxylation sites is 1. The van der Waals surface area contributed by atoms with E-state index >= 15 is 0 Å². The van der Waals surface area contributed by atoms with Crippen LogP contribution in [0.3, 0.4) is 0 Å². The Labute approximate surface area is 163 Å². The van der Waals surface area contributed by atoms with E-state index in [0.717, 1.165) is 28.9 Å². The number of carbonyl (C=O) groups excluding carboxylic acids is 2. The second-order valence-electron chi connectivity index (χ2n) is 6.90. The second kappa shape index (κ2) is 7.68. The second-order valence-corrected chi connectivity index (χ2v) is 6.90. The van der Waals surface area contributed by atoms with Crippen molar-refractivity contribution in [3.63, 3.8) is 0 Å². The van der Waals surface area contributed by atoms with Gasteiger partial charge in [-0.05, 0) is 54.3 Å². The number of carbonyl (C=O) groups is 2. The molecule has 2 amide bonds. The summed E-state index contributed by atoms with van der Waals surface area (Å²) in [6.45, 7) is 2.78. The lowest BCUT2D eigenvalue weighted by Crippen LogP contribution is -2.26. The summed E-state index contributed by atoms with van der Waals surface area (Å²) in [5, 5.41) is 7.34. The molecule has 4 rings (SSSR count). The van der Waals surface area contributed by atoms with Crippen LogP contribution in [0.1, 0.15) is 28.4 Å². The van der Waals surface area contributed by atoms with Crippen LogP contribution in [0.25, 0.3) is 5.69 Å². The van der Waals surface area contributed by atoms with Crippen molar-refractivity contribution in [2.24, 2.45) is 0 Å². The largest absolute Gasteiger partial charge is 0.352 e. The molecule has 6 heteroatoms. The summed E-state index contributed by atoms with van der Waals surface area (Å²) in [5.74, 6) is -0.0634. The smallest absolute Gasteiger partial charge is 0.251 e. The number of nitrogens with one attached hydrogen (secondary N) is 1. The van der Waals surface area contributed by atoms with Gasteiger partial charge in [-0.15, -0.1) is 0 Å². The Morgan fingerprint density at radius 3 is 2.75 bits per heavy atom. The van der Waals surface area contributed by atoms with Crippen LogP contribution >= 0.6 is 0 Å². The van der Waals surface area contributed by atoms with E-state index in [-0.39, 0.29) is 11.8 Å². The normalized spacial score (nSPS) is 12.7. The SMILES string of the molecule is CC(=O)N1CCc2cc(C(=O)NCCc3cnn(-c4ccccc4)c3)ccc21. The van der Waals surface area contributed by atoms with E-state index in [1.165, 1.54) is 0 Å². The van der Waals surface area contributed by atoms with Gasteiger partial charge in [-0.3, -0.25) is 9.59 Å². The van der Waals surface area contributed by atoms with Crippen molar-refractivity contribution < 1.29 is 9.59 Å². The highest BCUT2D eigenvalue weighted by Crippen LogP contribution is 2.28. The predicted octanol–water partition coefficient (Wildman–Crippen LogP) is 2.75. The lowest BCUT2D eigenvalue weighted by atomic mass is 10.1. The molecule has 2 aromatic carbocycles. The molecule has 0 atom stereocenters. The first kappa shape index (κ1) is 18.0. The van der Waals surface area contributed by atoms with Crippen molar-refractivity contribution in [3.05, 3.63) is 77.6 Å². The van der Waals surface area contributed by atoms with Gasteiger partial charge in [0.15, 0.2) is 0 Å². The Morgan fingerprint density at radius 1 is 1.14 bits per heavy atom. The first-order valence-corrected chi connectivity index (χ1v) is 9.40. The van der Waals surface area contributed by atoms with Crippen LogP contribution in [0.5, 0.6) is 0 Å². The summed E-state index contributed by atoms with van der Waals surface area (Å²) in [7, 11) is 0. The molecule has 1 aromatic heterocycles. The molecule has 0 saturated heterocycles. The standard InChI is InChI=1S/C22H22N4O2/c1-16(27)25-12-10-18-13-19(7-8-21(18)25)22(28)23-11-9-17-14-24-26(15-17)20-5-3-2-4-6-20/h2-8,13-15H,9-12H2,1H3,(H,23,28). The zero-order valence-corrected chi connectivity index (χ0v) is 15.8. The molecule has 142 valence electrons.